The summed E-state index contributed by atoms with van der Waals surface area (Å²) in [6, 6.07) is -0.143. The van der Waals surface area contributed by atoms with Crippen LogP contribution in [0.3, 0.4) is 0 Å². The summed E-state index contributed by atoms with van der Waals surface area (Å²) in [5.74, 6) is 0.369. The second-order valence-corrected chi connectivity index (χ2v) is 5.45. The number of allylic oxidation sites excluding steroid dienone is 3. The van der Waals surface area contributed by atoms with E-state index in [-0.39, 0.29) is 17.9 Å². The van der Waals surface area contributed by atoms with Crippen LogP contribution >= 0.6 is 0 Å². The van der Waals surface area contributed by atoms with Crippen molar-refractivity contribution in [3.63, 3.8) is 0 Å². The molecule has 1 aliphatic rings. The molecule has 1 rings (SSSR count). The Hall–Kier alpha value is -2.04. The molecule has 1 saturated heterocycles. The highest BCUT2D eigenvalue weighted by molar-refractivity contribution is 5.77. The van der Waals surface area contributed by atoms with Crippen molar-refractivity contribution >= 4 is 11.9 Å². The summed E-state index contributed by atoms with van der Waals surface area (Å²) in [7, 11) is 0. The van der Waals surface area contributed by atoms with Crippen molar-refractivity contribution in [1.29, 1.82) is 0 Å². The average Bonchev–Trinajstić information content (AvgIpc) is 2.60. The van der Waals surface area contributed by atoms with Crippen molar-refractivity contribution in [2.45, 2.75) is 40.5 Å². The number of nitrogens with zero attached hydrogens (tertiary/aromatic N) is 2. The van der Waals surface area contributed by atoms with Gasteiger partial charge in [-0.2, -0.15) is 0 Å². The van der Waals surface area contributed by atoms with Crippen LogP contribution in [0.1, 0.15) is 40.5 Å². The van der Waals surface area contributed by atoms with E-state index >= 15 is 0 Å². The monoisotopic (exact) mass is 335 g/mol. The number of carbonyl (C=O) groups is 2. The predicted octanol–water partition coefficient (Wildman–Crippen LogP) is 3.56. The van der Waals surface area contributed by atoms with Crippen LogP contribution in [0, 0.1) is 5.92 Å². The quantitative estimate of drug-likeness (QED) is 0.755. The maximum atomic E-state index is 12.3. The van der Waals surface area contributed by atoms with Crippen molar-refractivity contribution < 1.29 is 9.59 Å². The molecule has 1 aliphatic heterocycles. The third-order valence-electron chi connectivity index (χ3n) is 3.79. The third-order valence-corrected chi connectivity index (χ3v) is 3.79. The van der Waals surface area contributed by atoms with Crippen molar-refractivity contribution in [3.8, 4) is 0 Å². The van der Waals surface area contributed by atoms with E-state index in [0.717, 1.165) is 25.1 Å². The molecule has 5 heteroatoms. The Morgan fingerprint density at radius 1 is 1.33 bits per heavy atom. The lowest BCUT2D eigenvalue weighted by atomic mass is 9.97. The van der Waals surface area contributed by atoms with Gasteiger partial charge in [0.25, 0.3) is 0 Å². The summed E-state index contributed by atoms with van der Waals surface area (Å²) in [5.41, 5.74) is 0.723. The summed E-state index contributed by atoms with van der Waals surface area (Å²) in [5, 5.41) is 2.83. The van der Waals surface area contributed by atoms with E-state index in [1.54, 1.807) is 30.1 Å². The predicted molar refractivity (Wildman–Crippen MR) is 101 cm³/mol. The molecule has 5 nitrogen and oxygen atoms in total. The lowest BCUT2D eigenvalue weighted by Gasteiger charge is -2.35. The minimum absolute atomic E-state index is 0.0971. The van der Waals surface area contributed by atoms with Crippen LogP contribution in [-0.2, 0) is 4.79 Å². The summed E-state index contributed by atoms with van der Waals surface area (Å²) in [6.45, 7) is 17.6. The minimum Gasteiger partial charge on any atom is -0.343 e. The first-order valence-corrected chi connectivity index (χ1v) is 8.79. The van der Waals surface area contributed by atoms with Crippen LogP contribution in [0.4, 0.5) is 4.79 Å². The molecular weight excluding hydrogens is 302 g/mol. The molecule has 0 aromatic rings. The molecule has 1 heterocycles. The zero-order valence-electron chi connectivity index (χ0n) is 15.7. The fourth-order valence-corrected chi connectivity index (χ4v) is 2.70. The van der Waals surface area contributed by atoms with Crippen molar-refractivity contribution in [2.75, 3.05) is 26.2 Å². The first-order chi connectivity index (χ1) is 11.5. The Balaban J connectivity index is 0.00000254. The second kappa shape index (κ2) is 12.4. The molecular formula is C19H33N3O2. The molecule has 0 aromatic carbocycles. The van der Waals surface area contributed by atoms with E-state index in [4.69, 9.17) is 0 Å². The van der Waals surface area contributed by atoms with Gasteiger partial charge in [-0.25, -0.2) is 4.79 Å². The van der Waals surface area contributed by atoms with Crippen molar-refractivity contribution in [2.24, 2.45) is 5.92 Å². The van der Waals surface area contributed by atoms with Crippen LogP contribution in [0.2, 0.25) is 0 Å². The average molecular weight is 335 g/mol. The highest BCUT2D eigenvalue weighted by Crippen LogP contribution is 2.20. The van der Waals surface area contributed by atoms with Gasteiger partial charge in [-0.1, -0.05) is 33.1 Å². The Morgan fingerprint density at radius 2 is 2.00 bits per heavy atom. The SMILES string of the molecule is C=C/C=C(\C=C)N(CC1CCCN(C(C)=O)C1)C(=O)NCC.CC. The molecule has 0 radical (unpaired) electrons. The summed E-state index contributed by atoms with van der Waals surface area (Å²) in [4.78, 5) is 27.4. The molecule has 1 N–H and O–H groups in total. The number of urea groups is 1. The van der Waals surface area contributed by atoms with E-state index in [0.29, 0.717) is 19.6 Å². The van der Waals surface area contributed by atoms with Gasteiger partial charge in [-0.3, -0.25) is 9.69 Å². The molecule has 1 fully saturated rings. The van der Waals surface area contributed by atoms with Gasteiger partial charge in [-0.15, -0.1) is 0 Å². The number of carbonyl (C=O) groups excluding carboxylic acids is 2. The Morgan fingerprint density at radius 3 is 2.50 bits per heavy atom. The maximum Gasteiger partial charge on any atom is 0.321 e. The van der Waals surface area contributed by atoms with Gasteiger partial charge in [-0.05, 0) is 37.8 Å². The minimum atomic E-state index is -0.143. The van der Waals surface area contributed by atoms with Gasteiger partial charge < -0.3 is 10.2 Å². The summed E-state index contributed by atoms with van der Waals surface area (Å²) < 4.78 is 0. The largest absolute Gasteiger partial charge is 0.343 e. The fraction of sp³-hybridized carbons (Fsp3) is 0.579. The first kappa shape index (κ1) is 22.0. The second-order valence-electron chi connectivity index (χ2n) is 5.45. The molecule has 0 bridgehead atoms. The zero-order chi connectivity index (χ0) is 18.5. The van der Waals surface area contributed by atoms with Gasteiger partial charge in [0.1, 0.15) is 0 Å². The molecule has 0 spiro atoms. The van der Waals surface area contributed by atoms with Crippen LogP contribution in [0.5, 0.6) is 0 Å². The van der Waals surface area contributed by atoms with Gasteiger partial charge >= 0.3 is 6.03 Å². The number of nitrogens with one attached hydrogen (secondary N) is 1. The molecule has 1 atom stereocenters. The number of likely N-dealkylation sites (tertiary alicyclic amines) is 1. The third kappa shape index (κ3) is 7.02. The normalized spacial score (nSPS) is 17.2. The molecule has 136 valence electrons. The molecule has 24 heavy (non-hydrogen) atoms. The number of amides is 3. The number of hydrogen-bond donors (Lipinski definition) is 1. The van der Waals surface area contributed by atoms with E-state index in [1.165, 1.54) is 0 Å². The van der Waals surface area contributed by atoms with Gasteiger partial charge in [0, 0.05) is 38.8 Å². The molecule has 3 amide bonds. The van der Waals surface area contributed by atoms with E-state index in [9.17, 15) is 9.59 Å². The van der Waals surface area contributed by atoms with E-state index in [1.807, 2.05) is 25.7 Å². The Labute approximate surface area is 147 Å². The molecule has 0 aliphatic carbocycles. The standard InChI is InChI=1S/C17H27N3O2.C2H6/c1-5-9-16(6-2)20(17(22)18-7-3)13-15-10-8-11-19(12-15)14(4)21;1-2/h5-6,9,15H,1-2,7-8,10-13H2,3-4H3,(H,18,22);1-2H3/b16-9+;. The van der Waals surface area contributed by atoms with Crippen LogP contribution in [-0.4, -0.2) is 47.9 Å². The van der Waals surface area contributed by atoms with Crippen molar-refractivity contribution in [1.82, 2.24) is 15.1 Å². The molecule has 0 saturated carbocycles. The van der Waals surface area contributed by atoms with Gasteiger partial charge in [0.15, 0.2) is 0 Å². The first-order valence-electron chi connectivity index (χ1n) is 8.79. The summed E-state index contributed by atoms with van der Waals surface area (Å²) >= 11 is 0. The van der Waals surface area contributed by atoms with E-state index < -0.39 is 0 Å². The summed E-state index contributed by atoms with van der Waals surface area (Å²) in [6.07, 6.45) is 7.06. The smallest absolute Gasteiger partial charge is 0.321 e. The maximum absolute atomic E-state index is 12.3. The highest BCUT2D eigenvalue weighted by atomic mass is 16.2. The lowest BCUT2D eigenvalue weighted by Crippen LogP contribution is -2.46. The zero-order valence-corrected chi connectivity index (χ0v) is 15.7. The Kier molecular flexibility index (Phi) is 11.3. The van der Waals surface area contributed by atoms with Crippen molar-refractivity contribution in [3.05, 3.63) is 37.1 Å². The topological polar surface area (TPSA) is 52.7 Å². The van der Waals surface area contributed by atoms with Gasteiger partial charge in [0.05, 0.1) is 0 Å². The number of rotatable bonds is 6. The van der Waals surface area contributed by atoms with Gasteiger partial charge in [0.2, 0.25) is 5.91 Å². The molecule has 1 unspecified atom stereocenters. The Bertz CT molecular complexity index is 458. The van der Waals surface area contributed by atoms with Crippen LogP contribution in [0.15, 0.2) is 37.1 Å². The van der Waals surface area contributed by atoms with E-state index in [2.05, 4.69) is 18.5 Å². The molecule has 0 aromatic heterocycles. The van der Waals surface area contributed by atoms with Crippen LogP contribution in [0.25, 0.3) is 0 Å². The lowest BCUT2D eigenvalue weighted by molar-refractivity contribution is -0.130. The fourth-order valence-electron chi connectivity index (χ4n) is 2.70. The number of hydrogen-bond acceptors (Lipinski definition) is 2. The highest BCUT2D eigenvalue weighted by Gasteiger charge is 2.26. The number of piperidine rings is 1. The van der Waals surface area contributed by atoms with Crippen LogP contribution < -0.4 is 5.32 Å².